The van der Waals surface area contributed by atoms with Gasteiger partial charge in [-0.2, -0.15) is 0 Å². The molecular weight excluding hydrogens is 228 g/mol. The zero-order chi connectivity index (χ0) is 13.5. The lowest BCUT2D eigenvalue weighted by Crippen LogP contribution is -2.30. The minimum Gasteiger partial charge on any atom is -0.469 e. The average Bonchev–Trinajstić information content (AvgIpc) is 2.81. The molecule has 0 aromatic heterocycles. The number of allylic oxidation sites excluding steroid dienone is 2. The van der Waals surface area contributed by atoms with Gasteiger partial charge in [0.25, 0.3) is 0 Å². The molecule has 3 nitrogen and oxygen atoms in total. The molecule has 18 heavy (non-hydrogen) atoms. The highest BCUT2D eigenvalue weighted by molar-refractivity contribution is 5.73. The maximum absolute atomic E-state index is 11.7. The van der Waals surface area contributed by atoms with Crippen molar-refractivity contribution in [3.8, 4) is 0 Å². The van der Waals surface area contributed by atoms with Crippen LogP contribution in [0, 0.1) is 11.8 Å². The van der Waals surface area contributed by atoms with Crippen molar-refractivity contribution in [2.45, 2.75) is 58.5 Å². The number of carbonyl (C=O) groups excluding carboxylic acids is 1. The molecule has 0 aromatic rings. The monoisotopic (exact) mass is 254 g/mol. The second-order valence-electron chi connectivity index (χ2n) is 5.60. The molecule has 1 rings (SSSR count). The number of carbonyl (C=O) groups is 1. The van der Waals surface area contributed by atoms with E-state index >= 15 is 0 Å². The number of methoxy groups -OCH3 is 1. The molecule has 0 saturated heterocycles. The number of ether oxygens (including phenoxy) is 1. The van der Waals surface area contributed by atoms with Crippen LogP contribution >= 0.6 is 0 Å². The molecule has 2 atom stereocenters. The van der Waals surface area contributed by atoms with E-state index in [0.29, 0.717) is 12.3 Å². The Hall–Kier alpha value is -0.830. The molecule has 104 valence electrons. The molecular formula is C15H26O3. The van der Waals surface area contributed by atoms with E-state index in [0.717, 1.165) is 12.0 Å². The van der Waals surface area contributed by atoms with Gasteiger partial charge >= 0.3 is 5.97 Å². The van der Waals surface area contributed by atoms with Gasteiger partial charge in [0.05, 0.1) is 19.1 Å². The zero-order valence-electron chi connectivity index (χ0n) is 11.8. The van der Waals surface area contributed by atoms with Crippen LogP contribution < -0.4 is 0 Å². The first-order chi connectivity index (χ1) is 8.54. The van der Waals surface area contributed by atoms with E-state index in [2.05, 4.69) is 0 Å². The standard InChI is InChI=1S/C15H26O3/c1-11(2)8-9-13(15(17)18-3)14(16)10-12-6-4-5-7-12/h8,12-14,16H,4-7,9-10H2,1-3H3. The molecule has 2 unspecified atom stereocenters. The molecule has 3 heteroatoms. The van der Waals surface area contributed by atoms with Crippen LogP contribution in [-0.4, -0.2) is 24.3 Å². The van der Waals surface area contributed by atoms with Crippen molar-refractivity contribution in [2.75, 3.05) is 7.11 Å². The molecule has 1 N–H and O–H groups in total. The van der Waals surface area contributed by atoms with Crippen LogP contribution in [0.4, 0.5) is 0 Å². The van der Waals surface area contributed by atoms with Gasteiger partial charge in [0.2, 0.25) is 0 Å². The van der Waals surface area contributed by atoms with Crippen LogP contribution in [0.2, 0.25) is 0 Å². The molecule has 0 aromatic carbocycles. The highest BCUT2D eigenvalue weighted by atomic mass is 16.5. The Balaban J connectivity index is 2.56. The van der Waals surface area contributed by atoms with Crippen molar-refractivity contribution in [3.05, 3.63) is 11.6 Å². The first-order valence-corrected chi connectivity index (χ1v) is 6.93. The predicted molar refractivity (Wildman–Crippen MR) is 72.1 cm³/mol. The Morgan fingerprint density at radius 1 is 1.39 bits per heavy atom. The molecule has 0 bridgehead atoms. The SMILES string of the molecule is COC(=O)C(CC=C(C)C)C(O)CC1CCCC1. The summed E-state index contributed by atoms with van der Waals surface area (Å²) >= 11 is 0. The van der Waals surface area contributed by atoms with Gasteiger partial charge in [-0.3, -0.25) is 4.79 Å². The number of hydrogen-bond donors (Lipinski definition) is 1. The highest BCUT2D eigenvalue weighted by Gasteiger charge is 2.29. The summed E-state index contributed by atoms with van der Waals surface area (Å²) in [5.41, 5.74) is 1.16. The largest absolute Gasteiger partial charge is 0.469 e. The summed E-state index contributed by atoms with van der Waals surface area (Å²) in [6.45, 7) is 4.00. The minimum atomic E-state index is -0.573. The lowest BCUT2D eigenvalue weighted by Gasteiger charge is -2.22. The molecule has 0 aliphatic heterocycles. The molecule has 0 radical (unpaired) electrons. The van der Waals surface area contributed by atoms with Crippen molar-refractivity contribution in [1.29, 1.82) is 0 Å². The fourth-order valence-electron chi connectivity index (χ4n) is 2.68. The maximum Gasteiger partial charge on any atom is 0.311 e. The Morgan fingerprint density at radius 3 is 2.50 bits per heavy atom. The van der Waals surface area contributed by atoms with E-state index in [1.807, 2.05) is 19.9 Å². The van der Waals surface area contributed by atoms with Crippen LogP contribution in [-0.2, 0) is 9.53 Å². The number of hydrogen-bond acceptors (Lipinski definition) is 3. The van der Waals surface area contributed by atoms with Crippen molar-refractivity contribution >= 4 is 5.97 Å². The Kier molecular flexibility index (Phi) is 6.41. The Morgan fingerprint density at radius 2 is 2.00 bits per heavy atom. The van der Waals surface area contributed by atoms with Crippen molar-refractivity contribution in [1.82, 2.24) is 0 Å². The Bertz CT molecular complexity index is 286. The molecule has 0 heterocycles. The van der Waals surface area contributed by atoms with Gasteiger partial charge in [-0.25, -0.2) is 0 Å². The van der Waals surface area contributed by atoms with E-state index in [1.54, 1.807) is 0 Å². The fraction of sp³-hybridized carbons (Fsp3) is 0.800. The van der Waals surface area contributed by atoms with Crippen LogP contribution in [0.15, 0.2) is 11.6 Å². The van der Waals surface area contributed by atoms with E-state index in [1.165, 1.54) is 32.8 Å². The van der Waals surface area contributed by atoms with Gasteiger partial charge < -0.3 is 9.84 Å². The lowest BCUT2D eigenvalue weighted by molar-refractivity contribution is -0.149. The quantitative estimate of drug-likeness (QED) is 0.585. The van der Waals surface area contributed by atoms with E-state index in [-0.39, 0.29) is 5.97 Å². The highest BCUT2D eigenvalue weighted by Crippen LogP contribution is 2.31. The van der Waals surface area contributed by atoms with Gasteiger partial charge in [0, 0.05) is 0 Å². The fourth-order valence-corrected chi connectivity index (χ4v) is 2.68. The van der Waals surface area contributed by atoms with Crippen LogP contribution in [0.5, 0.6) is 0 Å². The van der Waals surface area contributed by atoms with Crippen LogP contribution in [0.1, 0.15) is 52.4 Å². The summed E-state index contributed by atoms with van der Waals surface area (Å²) in [5.74, 6) is -0.123. The third-order valence-electron chi connectivity index (χ3n) is 3.80. The first kappa shape index (κ1) is 15.2. The van der Waals surface area contributed by atoms with Gasteiger partial charge in [-0.1, -0.05) is 37.3 Å². The van der Waals surface area contributed by atoms with Gasteiger partial charge in [0.1, 0.15) is 0 Å². The number of aliphatic hydroxyl groups excluding tert-OH is 1. The minimum absolute atomic E-state index is 0.294. The summed E-state index contributed by atoms with van der Waals surface area (Å²) in [6.07, 6.45) is 7.62. The van der Waals surface area contributed by atoms with Crippen LogP contribution in [0.25, 0.3) is 0 Å². The van der Waals surface area contributed by atoms with E-state index in [9.17, 15) is 9.90 Å². The molecule has 1 aliphatic carbocycles. The normalized spacial score (nSPS) is 19.3. The number of rotatable bonds is 6. The number of aliphatic hydroxyl groups is 1. The second kappa shape index (κ2) is 7.57. The molecule has 1 saturated carbocycles. The molecule has 1 aliphatic rings. The van der Waals surface area contributed by atoms with Gasteiger partial charge in [0.15, 0.2) is 0 Å². The predicted octanol–water partition coefficient (Wildman–Crippen LogP) is 3.07. The smallest absolute Gasteiger partial charge is 0.311 e. The lowest BCUT2D eigenvalue weighted by atomic mass is 9.89. The topological polar surface area (TPSA) is 46.5 Å². The molecule has 0 spiro atoms. The zero-order valence-corrected chi connectivity index (χ0v) is 11.8. The van der Waals surface area contributed by atoms with Gasteiger partial charge in [-0.05, 0) is 32.6 Å². The summed E-state index contributed by atoms with van der Waals surface area (Å²) < 4.78 is 4.80. The second-order valence-corrected chi connectivity index (χ2v) is 5.60. The molecule has 0 amide bonds. The van der Waals surface area contributed by atoms with Crippen LogP contribution in [0.3, 0.4) is 0 Å². The summed E-state index contributed by atoms with van der Waals surface area (Å²) in [7, 11) is 1.39. The summed E-state index contributed by atoms with van der Waals surface area (Å²) in [5, 5.41) is 10.3. The maximum atomic E-state index is 11.7. The average molecular weight is 254 g/mol. The molecule has 1 fully saturated rings. The van der Waals surface area contributed by atoms with Crippen molar-refractivity contribution < 1.29 is 14.6 Å². The summed E-state index contributed by atoms with van der Waals surface area (Å²) in [6, 6.07) is 0. The van der Waals surface area contributed by atoms with Gasteiger partial charge in [-0.15, -0.1) is 0 Å². The third kappa shape index (κ3) is 4.81. The van der Waals surface area contributed by atoms with Crippen molar-refractivity contribution in [3.63, 3.8) is 0 Å². The Labute approximate surface area is 110 Å². The number of esters is 1. The van der Waals surface area contributed by atoms with E-state index in [4.69, 9.17) is 4.74 Å². The summed E-state index contributed by atoms with van der Waals surface area (Å²) in [4.78, 5) is 11.7. The first-order valence-electron chi connectivity index (χ1n) is 6.93. The van der Waals surface area contributed by atoms with Crippen molar-refractivity contribution in [2.24, 2.45) is 11.8 Å². The van der Waals surface area contributed by atoms with E-state index < -0.39 is 12.0 Å². The third-order valence-corrected chi connectivity index (χ3v) is 3.80.